The number of sulfonamides is 1. The van der Waals surface area contributed by atoms with Crippen LogP contribution in [0.1, 0.15) is 55.9 Å². The highest BCUT2D eigenvalue weighted by Crippen LogP contribution is 2.30. The number of nitrogens with one attached hydrogen (secondary N) is 1. The van der Waals surface area contributed by atoms with Gasteiger partial charge in [-0.05, 0) is 37.8 Å². The monoisotopic (exact) mass is 422 g/mol. The van der Waals surface area contributed by atoms with Gasteiger partial charge in [-0.2, -0.15) is 9.40 Å². The van der Waals surface area contributed by atoms with Gasteiger partial charge in [-0.1, -0.05) is 19.3 Å². The molecule has 9 heteroatoms. The summed E-state index contributed by atoms with van der Waals surface area (Å²) in [5.41, 5.74) is 0. The van der Waals surface area contributed by atoms with Crippen LogP contribution in [0.2, 0.25) is 0 Å². The van der Waals surface area contributed by atoms with E-state index in [1.807, 2.05) is 10.7 Å². The SMILES string of the molecule is O=C(Cc1ccc(S(=O)(=O)N2CCCC2)s1)Nc1ccnn1C1CCCCC1. The Morgan fingerprint density at radius 3 is 2.61 bits per heavy atom. The summed E-state index contributed by atoms with van der Waals surface area (Å²) in [5, 5.41) is 7.35. The summed E-state index contributed by atoms with van der Waals surface area (Å²) < 4.78 is 29.0. The molecule has 28 heavy (non-hydrogen) atoms. The molecule has 1 saturated carbocycles. The standard InChI is InChI=1S/C19H26N4O3S2/c24-18(21-17-10-11-20-23(17)15-6-2-1-3-7-15)14-16-8-9-19(27-16)28(25,26)22-12-4-5-13-22/h8-11,15H,1-7,12-14H2,(H,21,24). The fraction of sp³-hybridized carbons (Fsp3) is 0.579. The fourth-order valence-electron chi connectivity index (χ4n) is 4.02. The lowest BCUT2D eigenvalue weighted by atomic mass is 9.96. The fourth-order valence-corrected chi connectivity index (χ4v) is 7.05. The first-order valence-corrected chi connectivity index (χ1v) is 12.2. The molecule has 2 aromatic heterocycles. The molecule has 0 bridgehead atoms. The lowest BCUT2D eigenvalue weighted by molar-refractivity contribution is -0.115. The first-order valence-electron chi connectivity index (χ1n) is 9.96. The Bertz CT molecular complexity index is 923. The van der Waals surface area contributed by atoms with E-state index in [2.05, 4.69) is 10.4 Å². The lowest BCUT2D eigenvalue weighted by Gasteiger charge is -2.23. The van der Waals surface area contributed by atoms with Gasteiger partial charge in [0.05, 0.1) is 18.7 Å². The number of anilines is 1. The molecule has 1 aliphatic heterocycles. The molecule has 0 atom stereocenters. The first-order chi connectivity index (χ1) is 13.5. The topological polar surface area (TPSA) is 84.3 Å². The Kier molecular flexibility index (Phi) is 5.84. The van der Waals surface area contributed by atoms with Gasteiger partial charge in [0.1, 0.15) is 10.0 Å². The van der Waals surface area contributed by atoms with Crippen molar-refractivity contribution < 1.29 is 13.2 Å². The number of amides is 1. The molecule has 7 nitrogen and oxygen atoms in total. The highest BCUT2D eigenvalue weighted by molar-refractivity contribution is 7.91. The number of hydrogen-bond acceptors (Lipinski definition) is 5. The molecular formula is C19H26N4O3S2. The minimum atomic E-state index is -3.42. The number of rotatable bonds is 6. The number of aromatic nitrogens is 2. The van der Waals surface area contributed by atoms with Gasteiger partial charge in [-0.3, -0.25) is 4.79 Å². The number of nitrogens with zero attached hydrogens (tertiary/aromatic N) is 3. The summed E-state index contributed by atoms with van der Waals surface area (Å²) in [6.07, 6.45) is 9.54. The Balaban J connectivity index is 1.40. The number of carbonyl (C=O) groups is 1. The summed E-state index contributed by atoms with van der Waals surface area (Å²) in [6, 6.07) is 5.53. The van der Waals surface area contributed by atoms with Gasteiger partial charge in [0.15, 0.2) is 0 Å². The van der Waals surface area contributed by atoms with Crippen LogP contribution in [0.15, 0.2) is 28.6 Å². The van der Waals surface area contributed by atoms with Crippen molar-refractivity contribution in [2.45, 2.75) is 61.6 Å². The zero-order chi connectivity index (χ0) is 19.6. The smallest absolute Gasteiger partial charge is 0.252 e. The molecule has 0 spiro atoms. The van der Waals surface area contributed by atoms with Crippen LogP contribution in [-0.4, -0.2) is 41.5 Å². The minimum Gasteiger partial charge on any atom is -0.311 e. The Morgan fingerprint density at radius 1 is 1.11 bits per heavy atom. The zero-order valence-electron chi connectivity index (χ0n) is 15.8. The van der Waals surface area contributed by atoms with Crippen molar-refractivity contribution in [3.8, 4) is 0 Å². The second kappa shape index (κ2) is 8.34. The van der Waals surface area contributed by atoms with Crippen LogP contribution >= 0.6 is 11.3 Å². The van der Waals surface area contributed by atoms with E-state index in [9.17, 15) is 13.2 Å². The minimum absolute atomic E-state index is 0.149. The predicted molar refractivity (Wildman–Crippen MR) is 109 cm³/mol. The molecule has 2 aromatic rings. The quantitative estimate of drug-likeness (QED) is 0.773. The van der Waals surface area contributed by atoms with Gasteiger partial charge >= 0.3 is 0 Å². The van der Waals surface area contributed by atoms with Gasteiger partial charge in [0.25, 0.3) is 10.0 Å². The van der Waals surface area contributed by atoms with Gasteiger partial charge in [0.2, 0.25) is 5.91 Å². The summed E-state index contributed by atoms with van der Waals surface area (Å²) in [6.45, 7) is 1.17. The van der Waals surface area contributed by atoms with Crippen LogP contribution in [0, 0.1) is 0 Å². The molecule has 0 radical (unpaired) electrons. The van der Waals surface area contributed by atoms with Crippen molar-refractivity contribution >= 4 is 33.1 Å². The maximum atomic E-state index is 12.6. The summed E-state index contributed by atoms with van der Waals surface area (Å²) in [4.78, 5) is 13.3. The molecule has 2 fully saturated rings. The van der Waals surface area contributed by atoms with Crippen molar-refractivity contribution in [1.82, 2.24) is 14.1 Å². The average Bonchev–Trinajstić information content (AvgIpc) is 3.44. The molecular weight excluding hydrogens is 396 g/mol. The van der Waals surface area contributed by atoms with Crippen LogP contribution in [-0.2, 0) is 21.2 Å². The van der Waals surface area contributed by atoms with Gasteiger partial charge in [0, 0.05) is 24.0 Å². The van der Waals surface area contributed by atoms with E-state index in [0.717, 1.165) is 36.4 Å². The van der Waals surface area contributed by atoms with Crippen molar-refractivity contribution in [2.24, 2.45) is 0 Å². The summed E-state index contributed by atoms with van der Waals surface area (Å²) in [7, 11) is -3.42. The average molecular weight is 423 g/mol. The number of carbonyl (C=O) groups excluding carboxylic acids is 1. The van der Waals surface area contributed by atoms with Crippen LogP contribution in [0.3, 0.4) is 0 Å². The second-order valence-corrected chi connectivity index (χ2v) is 10.8. The summed E-state index contributed by atoms with van der Waals surface area (Å²) in [5.74, 6) is 0.572. The predicted octanol–water partition coefficient (Wildman–Crippen LogP) is 3.42. The molecule has 152 valence electrons. The van der Waals surface area contributed by atoms with Crippen molar-refractivity contribution in [3.63, 3.8) is 0 Å². The molecule has 3 heterocycles. The molecule has 2 aliphatic rings. The van der Waals surface area contributed by atoms with Gasteiger partial charge in [-0.15, -0.1) is 11.3 Å². The van der Waals surface area contributed by atoms with E-state index in [1.165, 1.54) is 34.9 Å². The number of thiophene rings is 1. The van der Waals surface area contributed by atoms with Crippen LogP contribution in [0.25, 0.3) is 0 Å². The van der Waals surface area contributed by atoms with Crippen molar-refractivity contribution in [2.75, 3.05) is 18.4 Å². The van der Waals surface area contributed by atoms with E-state index < -0.39 is 10.0 Å². The number of hydrogen-bond donors (Lipinski definition) is 1. The highest BCUT2D eigenvalue weighted by Gasteiger charge is 2.28. The van der Waals surface area contributed by atoms with Gasteiger partial charge in [-0.25, -0.2) is 13.1 Å². The maximum absolute atomic E-state index is 12.6. The first kappa shape index (κ1) is 19.6. The normalized spacial score (nSPS) is 19.1. The lowest BCUT2D eigenvalue weighted by Crippen LogP contribution is -2.27. The second-order valence-electron chi connectivity index (χ2n) is 7.51. The Morgan fingerprint density at radius 2 is 1.86 bits per heavy atom. The molecule has 0 unspecified atom stereocenters. The molecule has 1 saturated heterocycles. The third kappa shape index (κ3) is 4.16. The van der Waals surface area contributed by atoms with Crippen LogP contribution < -0.4 is 5.32 Å². The molecule has 1 amide bonds. The molecule has 1 N–H and O–H groups in total. The Labute approximate surface area is 169 Å². The van der Waals surface area contributed by atoms with Crippen molar-refractivity contribution in [3.05, 3.63) is 29.3 Å². The van der Waals surface area contributed by atoms with Crippen LogP contribution in [0.5, 0.6) is 0 Å². The molecule has 0 aromatic carbocycles. The van der Waals surface area contributed by atoms with E-state index in [4.69, 9.17) is 0 Å². The van der Waals surface area contributed by atoms with Crippen molar-refractivity contribution in [1.29, 1.82) is 0 Å². The van der Waals surface area contributed by atoms with Crippen LogP contribution in [0.4, 0.5) is 5.82 Å². The maximum Gasteiger partial charge on any atom is 0.252 e. The Hall–Kier alpha value is -1.71. The summed E-state index contributed by atoms with van der Waals surface area (Å²) >= 11 is 1.19. The van der Waals surface area contributed by atoms with E-state index in [0.29, 0.717) is 23.3 Å². The third-order valence-electron chi connectivity index (χ3n) is 5.49. The zero-order valence-corrected chi connectivity index (χ0v) is 17.5. The van der Waals surface area contributed by atoms with E-state index in [1.54, 1.807) is 18.3 Å². The third-order valence-corrected chi connectivity index (χ3v) is 8.94. The van der Waals surface area contributed by atoms with Gasteiger partial charge < -0.3 is 5.32 Å². The molecule has 1 aliphatic carbocycles. The van der Waals surface area contributed by atoms with E-state index >= 15 is 0 Å². The highest BCUT2D eigenvalue weighted by atomic mass is 32.2. The largest absolute Gasteiger partial charge is 0.311 e. The molecule has 4 rings (SSSR count). The van der Waals surface area contributed by atoms with E-state index in [-0.39, 0.29) is 12.3 Å².